The minimum Gasteiger partial charge on any atom is -0.449 e. The maximum atomic E-state index is 12.8. The van der Waals surface area contributed by atoms with Gasteiger partial charge >= 0.3 is 6.09 Å². The maximum absolute atomic E-state index is 12.8. The molecule has 10 heteroatoms. The van der Waals surface area contributed by atoms with Crippen LogP contribution in [-0.4, -0.2) is 79.6 Å². The molecule has 176 valence electrons. The summed E-state index contributed by atoms with van der Waals surface area (Å²) in [6, 6.07) is -0.391. The summed E-state index contributed by atoms with van der Waals surface area (Å²) in [6.45, 7) is 13.6. The Morgan fingerprint density at radius 2 is 1.93 bits per heavy atom. The van der Waals surface area contributed by atoms with E-state index in [0.717, 1.165) is 19.1 Å². The van der Waals surface area contributed by atoms with E-state index in [4.69, 9.17) is 18.1 Å². The fraction of sp³-hybridized carbons (Fsp3) is 0.850. The maximum Gasteiger partial charge on any atom is 0.410 e. The summed E-state index contributed by atoms with van der Waals surface area (Å²) in [4.78, 5) is 14.3. The van der Waals surface area contributed by atoms with E-state index >= 15 is 0 Å². The Labute approximate surface area is 183 Å². The Balaban J connectivity index is 3.15. The number of carbonyl (C=O) groups excluding carboxylic acids is 1. The number of carbonyl (C=O) groups is 1. The summed E-state index contributed by atoms with van der Waals surface area (Å²) < 4.78 is 45.7. The number of rotatable bonds is 10. The first-order valence-corrected chi connectivity index (χ1v) is 15.1. The zero-order valence-electron chi connectivity index (χ0n) is 19.7. The number of nitrogens with zero attached hydrogens (tertiary/aromatic N) is 1. The average Bonchev–Trinajstić information content (AvgIpc) is 2.59. The van der Waals surface area contributed by atoms with Crippen LogP contribution in [0.4, 0.5) is 4.79 Å². The lowest BCUT2D eigenvalue weighted by molar-refractivity contribution is 0.0537. The van der Waals surface area contributed by atoms with Crippen molar-refractivity contribution in [2.45, 2.75) is 70.8 Å². The first-order valence-electron chi connectivity index (χ1n) is 10.4. The highest BCUT2D eigenvalue weighted by Crippen LogP contribution is 2.37. The topological polar surface area (TPSA) is 91.4 Å². The summed E-state index contributed by atoms with van der Waals surface area (Å²) in [6.07, 6.45) is 3.16. The van der Waals surface area contributed by atoms with Gasteiger partial charge in [0.1, 0.15) is 6.10 Å². The fourth-order valence-electron chi connectivity index (χ4n) is 2.73. The van der Waals surface area contributed by atoms with Gasteiger partial charge in [0.25, 0.3) is 10.1 Å². The molecule has 0 spiro atoms. The van der Waals surface area contributed by atoms with Crippen molar-refractivity contribution < 1.29 is 31.3 Å². The number of unbranched alkanes of at least 4 members (excludes halogenated alkanes) is 1. The molecule has 0 aromatic heterocycles. The molecule has 0 aromatic rings. The highest BCUT2D eigenvalue weighted by atomic mass is 32.2. The van der Waals surface area contributed by atoms with Gasteiger partial charge in [-0.15, -0.1) is 0 Å². The molecule has 30 heavy (non-hydrogen) atoms. The van der Waals surface area contributed by atoms with Crippen molar-refractivity contribution in [2.24, 2.45) is 0 Å². The lowest BCUT2D eigenvalue weighted by atomic mass is 10.0. The quantitative estimate of drug-likeness (QED) is 0.211. The van der Waals surface area contributed by atoms with Gasteiger partial charge in [0, 0.05) is 7.11 Å². The van der Waals surface area contributed by atoms with Gasteiger partial charge in [-0.05, 0) is 30.1 Å². The first kappa shape index (κ1) is 27.1. The van der Waals surface area contributed by atoms with Crippen molar-refractivity contribution in [2.75, 3.05) is 39.7 Å². The third-order valence-corrected chi connectivity index (χ3v) is 10.6. The van der Waals surface area contributed by atoms with Crippen LogP contribution in [0.25, 0.3) is 0 Å². The van der Waals surface area contributed by atoms with Gasteiger partial charge < -0.3 is 13.9 Å². The van der Waals surface area contributed by atoms with E-state index in [0.29, 0.717) is 18.8 Å². The van der Waals surface area contributed by atoms with Crippen molar-refractivity contribution in [3.63, 3.8) is 0 Å². The molecule has 8 nitrogen and oxygen atoms in total. The predicted octanol–water partition coefficient (Wildman–Crippen LogP) is 3.55. The van der Waals surface area contributed by atoms with Crippen LogP contribution < -0.4 is 0 Å². The largest absolute Gasteiger partial charge is 0.449 e. The Hall–Kier alpha value is -0.943. The molecule has 1 aliphatic heterocycles. The van der Waals surface area contributed by atoms with Crippen LogP contribution >= 0.6 is 0 Å². The second-order valence-electron chi connectivity index (χ2n) is 9.22. The molecule has 2 atom stereocenters. The SMILES string of the molecule is CCCCOC(=O)N1CC(OS(C)(=O)=O)C(COC)=CC1CO[Si](C)(C)C(C)(C)C. The lowest BCUT2D eigenvalue weighted by Gasteiger charge is -2.41. The molecule has 0 aliphatic carbocycles. The zero-order valence-corrected chi connectivity index (χ0v) is 21.5. The molecule has 0 fully saturated rings. The monoisotopic (exact) mass is 465 g/mol. The number of amides is 1. The number of hydrogen-bond acceptors (Lipinski definition) is 7. The second-order valence-corrected chi connectivity index (χ2v) is 15.6. The van der Waals surface area contributed by atoms with Crippen LogP contribution in [0.1, 0.15) is 40.5 Å². The molecule has 1 aliphatic rings. The molecular formula is C20H39NO7SSi. The molecule has 0 bridgehead atoms. The molecule has 0 saturated heterocycles. The van der Waals surface area contributed by atoms with E-state index in [1.54, 1.807) is 0 Å². The molecule has 0 aromatic carbocycles. The molecule has 1 rings (SSSR count). The van der Waals surface area contributed by atoms with Gasteiger partial charge in [0.05, 0.1) is 38.7 Å². The van der Waals surface area contributed by atoms with Crippen LogP contribution in [-0.2, 0) is 28.2 Å². The van der Waals surface area contributed by atoms with Crippen LogP contribution in [0.3, 0.4) is 0 Å². The van der Waals surface area contributed by atoms with Crippen molar-refractivity contribution >= 4 is 24.5 Å². The smallest absolute Gasteiger partial charge is 0.410 e. The molecule has 0 radical (unpaired) electrons. The molecule has 1 amide bonds. The van der Waals surface area contributed by atoms with Gasteiger partial charge in [0.15, 0.2) is 8.32 Å². The van der Waals surface area contributed by atoms with Crippen molar-refractivity contribution in [1.29, 1.82) is 0 Å². The molecule has 0 N–H and O–H groups in total. The normalized spacial score (nSPS) is 20.8. The van der Waals surface area contributed by atoms with E-state index in [1.165, 1.54) is 12.0 Å². The molecule has 1 heterocycles. The first-order chi connectivity index (χ1) is 13.7. The summed E-state index contributed by atoms with van der Waals surface area (Å²) >= 11 is 0. The second kappa shape index (κ2) is 11.1. The van der Waals surface area contributed by atoms with Gasteiger partial charge in [-0.25, -0.2) is 4.79 Å². The van der Waals surface area contributed by atoms with E-state index in [2.05, 4.69) is 33.9 Å². The van der Waals surface area contributed by atoms with Gasteiger partial charge in [-0.3, -0.25) is 9.08 Å². The standard InChI is InChI=1S/C20H39NO7SSi/c1-9-10-11-26-19(22)21-13-18(28-29(6,23)24)16(14-25-5)12-17(21)15-27-30(7,8)20(2,3)4/h12,17-18H,9-11,13-15H2,1-8H3. The third-order valence-electron chi connectivity index (χ3n) is 5.56. The highest BCUT2D eigenvalue weighted by Gasteiger charge is 2.40. The zero-order chi connectivity index (χ0) is 23.2. The minimum absolute atomic E-state index is 0.0230. The van der Waals surface area contributed by atoms with Crippen LogP contribution in [0, 0.1) is 0 Å². The van der Waals surface area contributed by atoms with E-state index in [1.807, 2.05) is 13.0 Å². The van der Waals surface area contributed by atoms with Crippen LogP contribution in [0.5, 0.6) is 0 Å². The number of hydrogen-bond donors (Lipinski definition) is 0. The van der Waals surface area contributed by atoms with Gasteiger partial charge in [0.2, 0.25) is 0 Å². The fourth-order valence-corrected chi connectivity index (χ4v) is 4.36. The molecular weight excluding hydrogens is 426 g/mol. The lowest BCUT2D eigenvalue weighted by Crippen LogP contribution is -2.53. The van der Waals surface area contributed by atoms with Crippen LogP contribution in [0.15, 0.2) is 11.6 Å². The Kier molecular flexibility index (Phi) is 10.0. The predicted molar refractivity (Wildman–Crippen MR) is 120 cm³/mol. The Morgan fingerprint density at radius 3 is 2.43 bits per heavy atom. The number of ether oxygens (including phenoxy) is 2. The highest BCUT2D eigenvalue weighted by molar-refractivity contribution is 7.86. The molecule has 2 unspecified atom stereocenters. The van der Waals surface area contributed by atoms with Gasteiger partial charge in [-0.1, -0.05) is 40.2 Å². The third kappa shape index (κ3) is 8.30. The molecule has 0 saturated carbocycles. The Morgan fingerprint density at radius 1 is 1.30 bits per heavy atom. The Bertz CT molecular complexity index is 700. The summed E-state index contributed by atoms with van der Waals surface area (Å²) in [5.41, 5.74) is 0.671. The van der Waals surface area contributed by atoms with Crippen molar-refractivity contribution in [1.82, 2.24) is 4.90 Å². The van der Waals surface area contributed by atoms with Crippen LogP contribution in [0.2, 0.25) is 18.1 Å². The summed E-state index contributed by atoms with van der Waals surface area (Å²) in [5.74, 6) is 0. The van der Waals surface area contributed by atoms with E-state index in [-0.39, 0.29) is 18.2 Å². The average molecular weight is 466 g/mol. The summed E-state index contributed by atoms with van der Waals surface area (Å²) in [5, 5.41) is 0.0230. The summed E-state index contributed by atoms with van der Waals surface area (Å²) in [7, 11) is -4.23. The minimum atomic E-state index is -3.72. The van der Waals surface area contributed by atoms with Gasteiger partial charge in [-0.2, -0.15) is 8.42 Å². The van der Waals surface area contributed by atoms with Crippen molar-refractivity contribution in [3.8, 4) is 0 Å². The number of methoxy groups -OCH3 is 1. The van der Waals surface area contributed by atoms with E-state index < -0.39 is 36.7 Å². The van der Waals surface area contributed by atoms with E-state index in [9.17, 15) is 13.2 Å². The van der Waals surface area contributed by atoms with Crippen molar-refractivity contribution in [3.05, 3.63) is 11.6 Å².